The smallest absolute Gasteiger partial charge is 0.303 e. The second-order valence-electron chi connectivity index (χ2n) is 12.6. The van der Waals surface area contributed by atoms with Crippen molar-refractivity contribution in [3.63, 3.8) is 0 Å². The van der Waals surface area contributed by atoms with E-state index in [1.807, 2.05) is 6.07 Å². The summed E-state index contributed by atoms with van der Waals surface area (Å²) in [6.07, 6.45) is 0.0448. The highest BCUT2D eigenvalue weighted by Gasteiger charge is 2.43. The van der Waals surface area contributed by atoms with E-state index in [-0.39, 0.29) is 37.6 Å². The van der Waals surface area contributed by atoms with Crippen LogP contribution in [-0.2, 0) is 40.0 Å². The first-order valence-electron chi connectivity index (χ1n) is 16.9. The second kappa shape index (κ2) is 19.0. The van der Waals surface area contributed by atoms with Gasteiger partial charge in [-0.25, -0.2) is 0 Å². The van der Waals surface area contributed by atoms with Crippen LogP contribution in [0.25, 0.3) is 0 Å². The summed E-state index contributed by atoms with van der Waals surface area (Å²) < 4.78 is 0. The highest BCUT2D eigenvalue weighted by molar-refractivity contribution is 8.76. The standard InChI is InChI=1S/C33H46N6O9S2/c1-20(40)28-32(47)35-22(11-12-27(42)43)30(45)36-23(19-21-7-3-2-4-8-21)29(44)34-14-18-50-49-17-13-26(41)38-15-6-10-25(38)33(48)39-16-5-9-24(39)31(46)37-28/h2-4,7-8,20,22-25,28,40H,5-6,9-19H2,1H3,(H,34,44)(H,35,47)(H,36,45)(H,37,46)(H,42,43)/t20?,22?,23-,24?,25?,28?/m0/s1. The number of carboxylic acid groups (broad SMARTS) is 1. The third-order valence-electron chi connectivity index (χ3n) is 8.92. The maximum absolute atomic E-state index is 13.7. The fourth-order valence-electron chi connectivity index (χ4n) is 6.33. The van der Waals surface area contributed by atoms with Crippen molar-refractivity contribution < 1.29 is 43.8 Å². The van der Waals surface area contributed by atoms with Crippen molar-refractivity contribution in [2.24, 2.45) is 0 Å². The van der Waals surface area contributed by atoms with Gasteiger partial charge in [0.25, 0.3) is 0 Å². The molecule has 1 aromatic rings. The largest absolute Gasteiger partial charge is 0.481 e. The molecule has 6 amide bonds. The van der Waals surface area contributed by atoms with Gasteiger partial charge in [0.1, 0.15) is 30.2 Å². The highest BCUT2D eigenvalue weighted by Crippen LogP contribution is 2.27. The number of nitrogens with zero attached hydrogens (tertiary/aromatic N) is 2. The molecule has 3 fully saturated rings. The molecule has 0 radical (unpaired) electrons. The molecule has 0 aliphatic carbocycles. The summed E-state index contributed by atoms with van der Waals surface area (Å²) in [7, 11) is 2.94. The average molecular weight is 735 g/mol. The summed E-state index contributed by atoms with van der Waals surface area (Å²) >= 11 is 0. The van der Waals surface area contributed by atoms with Gasteiger partial charge in [0.05, 0.1) is 6.10 Å². The number of rotatable bonds is 6. The molecule has 0 bridgehead atoms. The summed E-state index contributed by atoms with van der Waals surface area (Å²) in [5.74, 6) is -3.61. The SMILES string of the molecule is CC(O)C1NC(=O)C2CCCN2C(=O)C2CCCN2C(=O)CCSSCCNC(=O)[C@H](Cc2ccccc2)NC(=O)C(CCC(=O)O)NC1=O. The van der Waals surface area contributed by atoms with Gasteiger partial charge >= 0.3 is 5.97 Å². The zero-order valence-electron chi connectivity index (χ0n) is 28.0. The molecular weight excluding hydrogens is 689 g/mol. The van der Waals surface area contributed by atoms with Crippen LogP contribution >= 0.6 is 21.6 Å². The van der Waals surface area contributed by atoms with Crippen LogP contribution in [0.1, 0.15) is 57.4 Å². The third kappa shape index (κ3) is 10.8. The Balaban J connectivity index is 1.59. The number of aliphatic hydroxyl groups excluding tert-OH is 1. The summed E-state index contributed by atoms with van der Waals surface area (Å²) in [6, 6.07) is 3.29. The number of nitrogens with one attached hydrogen (secondary N) is 4. The van der Waals surface area contributed by atoms with Gasteiger partial charge in [-0.2, -0.15) is 0 Å². The number of carbonyl (C=O) groups is 7. The van der Waals surface area contributed by atoms with Crippen molar-refractivity contribution in [1.29, 1.82) is 0 Å². The van der Waals surface area contributed by atoms with Gasteiger partial charge in [0, 0.05) is 50.4 Å². The molecule has 5 unspecified atom stereocenters. The molecule has 0 spiro atoms. The van der Waals surface area contributed by atoms with E-state index in [4.69, 9.17) is 0 Å². The summed E-state index contributed by atoms with van der Waals surface area (Å²) in [5.41, 5.74) is 0.752. The summed E-state index contributed by atoms with van der Waals surface area (Å²) in [5, 5.41) is 30.4. The Hall–Kier alpha value is -3.83. The van der Waals surface area contributed by atoms with E-state index in [1.165, 1.54) is 33.4 Å². The lowest BCUT2D eigenvalue weighted by molar-refractivity contribution is -0.147. The van der Waals surface area contributed by atoms with E-state index in [2.05, 4.69) is 21.3 Å². The molecule has 6 N–H and O–H groups in total. The van der Waals surface area contributed by atoms with Crippen molar-refractivity contribution in [2.45, 2.75) is 94.6 Å². The van der Waals surface area contributed by atoms with E-state index in [1.54, 1.807) is 29.2 Å². The van der Waals surface area contributed by atoms with Gasteiger partial charge in [-0.3, -0.25) is 33.6 Å². The van der Waals surface area contributed by atoms with Gasteiger partial charge in [-0.1, -0.05) is 51.9 Å². The predicted molar refractivity (Wildman–Crippen MR) is 187 cm³/mol. The molecule has 3 heterocycles. The number of amides is 6. The Bertz CT molecular complexity index is 1400. The first-order valence-corrected chi connectivity index (χ1v) is 19.4. The average Bonchev–Trinajstić information content (AvgIpc) is 3.78. The Kier molecular flexibility index (Phi) is 14.8. The first kappa shape index (κ1) is 39.0. The fraction of sp³-hybridized carbons (Fsp3) is 0.606. The number of aliphatic carboxylic acids is 1. The van der Waals surface area contributed by atoms with Crippen molar-refractivity contribution in [2.75, 3.05) is 31.1 Å². The number of hydrogen-bond donors (Lipinski definition) is 6. The minimum atomic E-state index is -1.55. The molecule has 3 aliphatic rings. The van der Waals surface area contributed by atoms with Crippen LogP contribution in [0.15, 0.2) is 30.3 Å². The number of aliphatic hydroxyl groups is 1. The minimum Gasteiger partial charge on any atom is -0.481 e. The normalized spacial score (nSPS) is 27.4. The maximum atomic E-state index is 13.7. The third-order valence-corrected chi connectivity index (χ3v) is 11.3. The lowest BCUT2D eigenvalue weighted by atomic mass is 10.0. The van der Waals surface area contributed by atoms with Crippen molar-refractivity contribution in [3.8, 4) is 0 Å². The van der Waals surface area contributed by atoms with Gasteiger partial charge in [0.2, 0.25) is 35.4 Å². The number of benzene rings is 1. The molecule has 50 heavy (non-hydrogen) atoms. The van der Waals surface area contributed by atoms with Crippen molar-refractivity contribution in [3.05, 3.63) is 35.9 Å². The lowest BCUT2D eigenvalue weighted by Gasteiger charge is -2.32. The van der Waals surface area contributed by atoms with Crippen LogP contribution in [0.5, 0.6) is 0 Å². The molecule has 17 heteroatoms. The molecule has 274 valence electrons. The van der Waals surface area contributed by atoms with Crippen LogP contribution in [0, 0.1) is 0 Å². The van der Waals surface area contributed by atoms with E-state index < -0.39 is 72.3 Å². The fourth-order valence-corrected chi connectivity index (χ4v) is 8.22. The van der Waals surface area contributed by atoms with Gasteiger partial charge in [-0.05, 0) is 44.6 Å². The first-order chi connectivity index (χ1) is 24.0. The van der Waals surface area contributed by atoms with Crippen LogP contribution in [0.2, 0.25) is 0 Å². The molecule has 3 saturated heterocycles. The van der Waals surface area contributed by atoms with E-state index in [0.717, 1.165) is 5.56 Å². The summed E-state index contributed by atoms with van der Waals surface area (Å²) in [6.45, 7) is 2.27. The van der Waals surface area contributed by atoms with Gasteiger partial charge in [0.15, 0.2) is 0 Å². The molecule has 1 aromatic carbocycles. The summed E-state index contributed by atoms with van der Waals surface area (Å²) in [4.78, 5) is 95.4. The molecule has 6 atom stereocenters. The van der Waals surface area contributed by atoms with Crippen LogP contribution in [0.3, 0.4) is 0 Å². The lowest BCUT2D eigenvalue weighted by Crippen LogP contribution is -2.61. The highest BCUT2D eigenvalue weighted by atomic mass is 33.1. The topological polar surface area (TPSA) is 215 Å². The molecule has 3 aliphatic heterocycles. The molecule has 0 saturated carbocycles. The molecule has 4 rings (SSSR count). The zero-order valence-corrected chi connectivity index (χ0v) is 29.6. The van der Waals surface area contributed by atoms with Crippen LogP contribution in [-0.4, -0.2) is 129 Å². The zero-order chi connectivity index (χ0) is 36.2. The number of carboxylic acids is 1. The van der Waals surface area contributed by atoms with E-state index in [9.17, 15) is 43.8 Å². The monoisotopic (exact) mass is 734 g/mol. The van der Waals surface area contributed by atoms with Crippen LogP contribution in [0.4, 0.5) is 0 Å². The Labute approximate surface area is 298 Å². The van der Waals surface area contributed by atoms with E-state index >= 15 is 0 Å². The van der Waals surface area contributed by atoms with Crippen molar-refractivity contribution in [1.82, 2.24) is 31.1 Å². The predicted octanol–water partition coefficient (Wildman–Crippen LogP) is -0.188. The van der Waals surface area contributed by atoms with Gasteiger partial charge < -0.3 is 41.3 Å². The minimum absolute atomic E-state index is 0.114. The number of fused-ring (bicyclic) bond motifs is 2. The van der Waals surface area contributed by atoms with Crippen molar-refractivity contribution >= 4 is 63.0 Å². The number of carbonyl (C=O) groups excluding carboxylic acids is 6. The van der Waals surface area contributed by atoms with Gasteiger partial charge in [-0.15, -0.1) is 0 Å². The Morgan fingerprint density at radius 3 is 2.20 bits per heavy atom. The molecule has 15 nitrogen and oxygen atoms in total. The molecular formula is C33H46N6O9S2. The van der Waals surface area contributed by atoms with E-state index in [0.29, 0.717) is 50.3 Å². The number of hydrogen-bond acceptors (Lipinski definition) is 10. The maximum Gasteiger partial charge on any atom is 0.303 e. The Morgan fingerprint density at radius 1 is 0.840 bits per heavy atom. The van der Waals surface area contributed by atoms with Crippen LogP contribution < -0.4 is 21.3 Å². The quantitative estimate of drug-likeness (QED) is 0.211. The second-order valence-corrected chi connectivity index (χ2v) is 15.3. The molecule has 0 aromatic heterocycles. The Morgan fingerprint density at radius 2 is 1.50 bits per heavy atom.